The van der Waals surface area contributed by atoms with Gasteiger partial charge in [0.25, 0.3) is 0 Å². The van der Waals surface area contributed by atoms with Crippen LogP contribution in [-0.2, 0) is 9.84 Å². The maximum atomic E-state index is 12.0. The second kappa shape index (κ2) is 7.85. The predicted molar refractivity (Wildman–Crippen MR) is 104 cm³/mol. The molecule has 0 aromatic heterocycles. The number of hydrogen-bond donors (Lipinski definition) is 1. The maximum absolute atomic E-state index is 12.0. The van der Waals surface area contributed by atoms with Crippen LogP contribution in [0.25, 0.3) is 0 Å². The van der Waals surface area contributed by atoms with Gasteiger partial charge in [0, 0.05) is 27.4 Å². The normalized spacial score (nSPS) is 12.6. The van der Waals surface area contributed by atoms with Crippen LogP contribution in [0.15, 0.2) is 39.7 Å². The van der Waals surface area contributed by atoms with E-state index in [4.69, 9.17) is 21.1 Å². The van der Waals surface area contributed by atoms with Gasteiger partial charge in [0.1, 0.15) is 0 Å². The Labute approximate surface area is 161 Å². The van der Waals surface area contributed by atoms with Crippen LogP contribution < -0.4 is 14.8 Å². The molecule has 0 fully saturated rings. The van der Waals surface area contributed by atoms with Crippen LogP contribution in [0.3, 0.4) is 0 Å². The zero-order chi connectivity index (χ0) is 18.8. The van der Waals surface area contributed by atoms with Crippen LogP contribution in [0.1, 0.15) is 18.5 Å². The predicted octanol–water partition coefficient (Wildman–Crippen LogP) is 4.70. The van der Waals surface area contributed by atoms with E-state index in [9.17, 15) is 8.42 Å². The minimum Gasteiger partial charge on any atom is -0.493 e. The third-order valence-electron chi connectivity index (χ3n) is 3.65. The van der Waals surface area contributed by atoms with Crippen molar-refractivity contribution in [1.29, 1.82) is 0 Å². The average molecular weight is 449 g/mol. The Kier molecular flexibility index (Phi) is 6.24. The molecule has 136 valence electrons. The van der Waals surface area contributed by atoms with Gasteiger partial charge < -0.3 is 14.8 Å². The van der Waals surface area contributed by atoms with Crippen LogP contribution in [0.4, 0.5) is 5.69 Å². The highest BCUT2D eigenvalue weighted by Crippen LogP contribution is 2.39. The maximum Gasteiger partial charge on any atom is 0.177 e. The summed E-state index contributed by atoms with van der Waals surface area (Å²) in [7, 11) is -0.302. The lowest BCUT2D eigenvalue weighted by molar-refractivity contribution is 0.350. The molecule has 0 aliphatic heterocycles. The highest BCUT2D eigenvalue weighted by molar-refractivity contribution is 9.10. The van der Waals surface area contributed by atoms with Crippen molar-refractivity contribution in [3.8, 4) is 11.5 Å². The number of methoxy groups -OCH3 is 2. The van der Waals surface area contributed by atoms with Gasteiger partial charge in [0.05, 0.1) is 30.8 Å². The Morgan fingerprint density at radius 1 is 1.16 bits per heavy atom. The summed E-state index contributed by atoms with van der Waals surface area (Å²) in [6, 6.07) is 8.12. The highest BCUT2D eigenvalue weighted by Gasteiger charge is 2.20. The van der Waals surface area contributed by atoms with Gasteiger partial charge in [-0.25, -0.2) is 8.42 Å². The SMILES string of the molecule is COc1cc(Cl)cc(C(C)Nc2cc(Br)ccc2S(C)(=O)=O)c1OC. The summed E-state index contributed by atoms with van der Waals surface area (Å²) in [6.07, 6.45) is 1.18. The fraction of sp³-hybridized carbons (Fsp3) is 0.294. The van der Waals surface area contributed by atoms with Crippen molar-refractivity contribution < 1.29 is 17.9 Å². The third kappa shape index (κ3) is 4.59. The minimum atomic E-state index is -3.38. The molecule has 1 atom stereocenters. The van der Waals surface area contributed by atoms with E-state index in [2.05, 4.69) is 21.2 Å². The molecule has 2 aromatic rings. The van der Waals surface area contributed by atoms with Crippen LogP contribution in [0, 0.1) is 0 Å². The van der Waals surface area contributed by atoms with E-state index in [0.717, 1.165) is 10.0 Å². The van der Waals surface area contributed by atoms with Gasteiger partial charge in [-0.15, -0.1) is 0 Å². The first-order valence-corrected chi connectivity index (χ1v) is 10.4. The molecule has 1 N–H and O–H groups in total. The Hall–Kier alpha value is -1.44. The summed E-state index contributed by atoms with van der Waals surface area (Å²) in [5, 5.41) is 3.72. The number of sulfone groups is 1. The molecule has 0 saturated heterocycles. The minimum absolute atomic E-state index is 0.218. The van der Waals surface area contributed by atoms with Gasteiger partial charge >= 0.3 is 0 Å². The number of benzene rings is 2. The standard InChI is InChI=1S/C17H19BrClNO4S/c1-10(13-8-12(19)9-15(23-2)17(13)24-3)20-14-7-11(18)5-6-16(14)25(4,21)22/h5-10,20H,1-4H3. The molecule has 0 saturated carbocycles. The number of halogens is 2. The molecule has 25 heavy (non-hydrogen) atoms. The summed E-state index contributed by atoms with van der Waals surface area (Å²) < 4.78 is 35.6. The van der Waals surface area contributed by atoms with E-state index in [1.807, 2.05) is 6.92 Å². The number of rotatable bonds is 6. The zero-order valence-corrected chi connectivity index (χ0v) is 17.4. The van der Waals surface area contributed by atoms with Gasteiger partial charge in [-0.05, 0) is 31.2 Å². The number of ether oxygens (including phenoxy) is 2. The largest absolute Gasteiger partial charge is 0.493 e. The fourth-order valence-corrected chi connectivity index (χ4v) is 3.94. The molecule has 0 amide bonds. The molecule has 8 heteroatoms. The molecular weight excluding hydrogens is 430 g/mol. The lowest BCUT2D eigenvalue weighted by atomic mass is 10.1. The van der Waals surface area contributed by atoms with Crippen molar-refractivity contribution in [2.75, 3.05) is 25.8 Å². The van der Waals surface area contributed by atoms with Crippen LogP contribution in [0.5, 0.6) is 11.5 Å². The van der Waals surface area contributed by atoms with Gasteiger partial charge in [-0.2, -0.15) is 0 Å². The number of nitrogens with one attached hydrogen (secondary N) is 1. The molecule has 0 heterocycles. The molecule has 0 aliphatic rings. The average Bonchev–Trinajstić information content (AvgIpc) is 2.52. The van der Waals surface area contributed by atoms with Gasteiger partial charge in [-0.3, -0.25) is 0 Å². The molecule has 0 aliphatic carbocycles. The van der Waals surface area contributed by atoms with Gasteiger partial charge in [-0.1, -0.05) is 27.5 Å². The topological polar surface area (TPSA) is 64.6 Å². The highest BCUT2D eigenvalue weighted by atomic mass is 79.9. The molecule has 2 rings (SSSR count). The van der Waals surface area contributed by atoms with E-state index >= 15 is 0 Å². The Balaban J connectivity index is 2.50. The van der Waals surface area contributed by atoms with E-state index in [0.29, 0.717) is 22.2 Å². The van der Waals surface area contributed by atoms with Crippen molar-refractivity contribution in [1.82, 2.24) is 0 Å². The Morgan fingerprint density at radius 3 is 2.40 bits per heavy atom. The molecule has 0 bridgehead atoms. The molecule has 1 unspecified atom stereocenters. The van der Waals surface area contributed by atoms with Gasteiger partial charge in [0.2, 0.25) is 0 Å². The van der Waals surface area contributed by atoms with Crippen molar-refractivity contribution in [3.05, 3.63) is 45.4 Å². The monoisotopic (exact) mass is 447 g/mol. The van der Waals surface area contributed by atoms with Crippen molar-refractivity contribution in [3.63, 3.8) is 0 Å². The molecule has 5 nitrogen and oxygen atoms in total. The van der Waals surface area contributed by atoms with Crippen molar-refractivity contribution >= 4 is 43.1 Å². The summed E-state index contributed by atoms with van der Waals surface area (Å²) in [6.45, 7) is 1.89. The Morgan fingerprint density at radius 2 is 1.84 bits per heavy atom. The number of hydrogen-bond acceptors (Lipinski definition) is 5. The first-order valence-electron chi connectivity index (χ1n) is 7.35. The molecular formula is C17H19BrClNO4S. The second-order valence-corrected chi connectivity index (χ2v) is 8.85. The van der Waals surface area contributed by atoms with Crippen molar-refractivity contribution in [2.45, 2.75) is 17.9 Å². The van der Waals surface area contributed by atoms with E-state index in [1.54, 1.807) is 37.4 Å². The zero-order valence-electron chi connectivity index (χ0n) is 14.3. The van der Waals surface area contributed by atoms with Crippen molar-refractivity contribution in [2.24, 2.45) is 0 Å². The summed E-state index contributed by atoms with van der Waals surface area (Å²) in [5.74, 6) is 1.05. The van der Waals surface area contributed by atoms with E-state index in [1.165, 1.54) is 13.4 Å². The second-order valence-electron chi connectivity index (χ2n) is 5.51. The molecule has 0 radical (unpaired) electrons. The third-order valence-corrected chi connectivity index (χ3v) is 5.52. The summed E-state index contributed by atoms with van der Waals surface area (Å²) in [5.41, 5.74) is 1.25. The van der Waals surface area contributed by atoms with Crippen LogP contribution in [0.2, 0.25) is 5.02 Å². The lowest BCUT2D eigenvalue weighted by Gasteiger charge is -2.22. The Bertz CT molecular complexity index is 886. The molecule has 2 aromatic carbocycles. The van der Waals surface area contributed by atoms with Crippen LogP contribution >= 0.6 is 27.5 Å². The fourth-order valence-electron chi connectivity index (χ4n) is 2.53. The van der Waals surface area contributed by atoms with Gasteiger partial charge in [0.15, 0.2) is 21.3 Å². The molecule has 0 spiro atoms. The summed E-state index contributed by atoms with van der Waals surface area (Å²) >= 11 is 9.54. The van der Waals surface area contributed by atoms with E-state index in [-0.39, 0.29) is 10.9 Å². The smallest absolute Gasteiger partial charge is 0.177 e. The summed E-state index contributed by atoms with van der Waals surface area (Å²) in [4.78, 5) is 0.218. The van der Waals surface area contributed by atoms with Crippen LogP contribution in [-0.4, -0.2) is 28.9 Å². The quantitative estimate of drug-likeness (QED) is 0.694. The first-order chi connectivity index (χ1) is 11.7. The number of anilines is 1. The first kappa shape index (κ1) is 19.9. The van der Waals surface area contributed by atoms with E-state index < -0.39 is 9.84 Å². The lowest BCUT2D eigenvalue weighted by Crippen LogP contribution is -2.12.